The molecule has 2 aromatic heterocycles. The van der Waals surface area contributed by atoms with E-state index in [-0.39, 0.29) is 112 Å². The first-order valence-corrected chi connectivity index (χ1v) is 16.1. The van der Waals surface area contributed by atoms with Crippen molar-refractivity contribution in [1.82, 2.24) is 29.9 Å². The van der Waals surface area contributed by atoms with Crippen molar-refractivity contribution >= 4 is 69.5 Å². The molecule has 0 bridgehead atoms. The van der Waals surface area contributed by atoms with Crippen LogP contribution in [-0.4, -0.2) is 102 Å². The van der Waals surface area contributed by atoms with E-state index < -0.39 is 51.8 Å². The number of anilines is 6. The van der Waals surface area contributed by atoms with E-state index in [9.17, 15) is 38.0 Å². The summed E-state index contributed by atoms with van der Waals surface area (Å²) < 4.78 is 41.1. The zero-order valence-electron chi connectivity index (χ0n) is 27.3. The zero-order chi connectivity index (χ0) is 36.3. The fourth-order valence-corrected chi connectivity index (χ4v) is 5.09. The van der Waals surface area contributed by atoms with Gasteiger partial charge in [-0.15, -0.1) is 0 Å². The Balaban J connectivity index is 0.00000468. The summed E-state index contributed by atoms with van der Waals surface area (Å²) in [7, 11) is -5.06. The Morgan fingerprint density at radius 1 is 0.808 bits per heavy atom. The van der Waals surface area contributed by atoms with Gasteiger partial charge in [-0.05, 0) is 35.4 Å². The Kier molecular flexibility index (Phi) is 18.8. The van der Waals surface area contributed by atoms with Crippen LogP contribution in [0.5, 0.6) is 0 Å². The first kappa shape index (κ1) is 45.1. The van der Waals surface area contributed by atoms with E-state index in [1.807, 2.05) is 0 Å². The number of hydrogen-bond acceptors (Lipinski definition) is 21. The van der Waals surface area contributed by atoms with Crippen LogP contribution in [0.4, 0.5) is 35.2 Å². The third-order valence-corrected chi connectivity index (χ3v) is 7.68. The summed E-state index contributed by atoms with van der Waals surface area (Å²) in [6.07, 6.45) is 0.454. The molecule has 4 aromatic rings. The van der Waals surface area contributed by atoms with Crippen LogP contribution in [0.1, 0.15) is 11.1 Å². The number of aliphatic hydroxyl groups is 4. The van der Waals surface area contributed by atoms with Gasteiger partial charge in [0.15, 0.2) is 0 Å². The van der Waals surface area contributed by atoms with Gasteiger partial charge >= 0.3 is 70.5 Å². The van der Waals surface area contributed by atoms with Crippen molar-refractivity contribution in [3.63, 3.8) is 0 Å². The summed E-state index contributed by atoms with van der Waals surface area (Å²) in [5.41, 5.74) is -0.942. The van der Waals surface area contributed by atoms with E-state index in [2.05, 4.69) is 60.5 Å². The minimum absolute atomic E-state index is 0. The second-order valence-electron chi connectivity index (χ2n) is 9.85. The van der Waals surface area contributed by atoms with Crippen LogP contribution < -0.4 is 97.0 Å². The third kappa shape index (κ3) is 14.1. The summed E-state index contributed by atoms with van der Waals surface area (Å²) in [5, 5.41) is 61.6. The maximum absolute atomic E-state index is 12.2. The third-order valence-electron chi connectivity index (χ3n) is 6.13. The largest absolute Gasteiger partial charge is 1.00 e. The topological polar surface area (TPSA) is 345 Å². The fourth-order valence-electron chi connectivity index (χ4n) is 3.88. The predicted molar refractivity (Wildman–Crippen MR) is 173 cm³/mol. The summed E-state index contributed by atoms with van der Waals surface area (Å²) in [4.78, 5) is 43.5. The van der Waals surface area contributed by atoms with E-state index in [4.69, 9.17) is 10.2 Å². The summed E-state index contributed by atoms with van der Waals surface area (Å²) in [6.45, 7) is -1.38. The molecule has 0 aliphatic heterocycles. The normalized spacial score (nSPS) is 12.3. The number of nitrogens with one attached hydrogen (secondary N) is 6. The van der Waals surface area contributed by atoms with Gasteiger partial charge in [-0.25, -0.2) is 18.0 Å². The number of H-pyrrole nitrogens is 2. The average Bonchev–Trinajstić information content (AvgIpc) is 3.07. The minimum Gasteiger partial charge on any atom is -0.744 e. The molecule has 2 aromatic carbocycles. The standard InChI is InChI=1S/C26H30N10O12S2.2Na/c37-11-17(39)9-27-21-31-23(35-25(41)33-21)29-15-5-3-13(19(7-15)49-48-47-43)1-2-14-4-6-16(8-20(14)50(44,45)46)30-24-32-22(34-26(42)36-24)28-10-18(40)12-38;;/h1-8,17-18,37-40,43H,9-12H2,(H,44,45,46)(H3,27,29,31,33,35,41)(H3,28,30,32,34,36,42);;/q;2*+1/p-2. The second-order valence-corrected chi connectivity index (χ2v) is 11.9. The van der Waals surface area contributed by atoms with Gasteiger partial charge in [0.1, 0.15) is 10.1 Å². The van der Waals surface area contributed by atoms with Gasteiger partial charge in [0.05, 0.1) is 42.4 Å². The molecule has 0 radical (unpaired) electrons. The van der Waals surface area contributed by atoms with Gasteiger partial charge in [-0.3, -0.25) is 15.0 Å². The van der Waals surface area contributed by atoms with Crippen LogP contribution in [0, 0.1) is 0 Å². The number of aromatic nitrogens is 6. The van der Waals surface area contributed by atoms with Gasteiger partial charge in [0.25, 0.3) is 0 Å². The van der Waals surface area contributed by atoms with Gasteiger partial charge in [0.2, 0.25) is 23.8 Å². The van der Waals surface area contributed by atoms with Crippen molar-refractivity contribution in [2.45, 2.75) is 22.0 Å². The Hall–Kier alpha value is -3.02. The first-order chi connectivity index (χ1) is 23.9. The van der Waals surface area contributed by atoms with Crippen molar-refractivity contribution in [2.24, 2.45) is 0 Å². The summed E-state index contributed by atoms with van der Waals surface area (Å²) >= 11 is 0.492. The molecule has 268 valence electrons. The summed E-state index contributed by atoms with van der Waals surface area (Å²) in [6, 6.07) is 8.21. The number of benzene rings is 2. The Bertz CT molecular complexity index is 2040. The molecular weight excluding hydrogens is 754 g/mol. The Labute approximate surface area is 342 Å². The monoisotopic (exact) mass is 782 g/mol. The molecule has 0 saturated heterocycles. The van der Waals surface area contributed by atoms with Gasteiger partial charge in [-0.2, -0.15) is 24.3 Å². The predicted octanol–water partition coefficient (Wildman–Crippen LogP) is -8.03. The van der Waals surface area contributed by atoms with Crippen LogP contribution >= 0.6 is 12.0 Å². The van der Waals surface area contributed by atoms with Crippen molar-refractivity contribution in [3.8, 4) is 0 Å². The molecular formula is C26H28N10Na2O12S2. The van der Waals surface area contributed by atoms with Crippen LogP contribution in [-0.2, 0) is 19.5 Å². The van der Waals surface area contributed by atoms with Gasteiger partial charge in [-0.1, -0.05) is 24.3 Å². The van der Waals surface area contributed by atoms with Gasteiger partial charge < -0.3 is 51.5 Å². The molecule has 0 saturated carbocycles. The molecule has 2 unspecified atom stereocenters. The van der Waals surface area contributed by atoms with E-state index >= 15 is 0 Å². The van der Waals surface area contributed by atoms with Crippen molar-refractivity contribution in [1.29, 1.82) is 0 Å². The number of aromatic amines is 2. The smallest absolute Gasteiger partial charge is 0.744 e. The van der Waals surface area contributed by atoms with Crippen LogP contribution in [0.25, 0.3) is 12.2 Å². The van der Waals surface area contributed by atoms with Crippen molar-refractivity contribution in [2.75, 3.05) is 47.6 Å². The molecule has 26 heteroatoms. The van der Waals surface area contributed by atoms with E-state index in [1.54, 1.807) is 0 Å². The number of hydrogen-bond donors (Lipinski definition) is 10. The Morgan fingerprint density at radius 2 is 1.29 bits per heavy atom. The molecule has 0 amide bonds. The number of aliphatic hydroxyl groups excluding tert-OH is 4. The van der Waals surface area contributed by atoms with Crippen LogP contribution in [0.2, 0.25) is 0 Å². The number of nitrogens with zero attached hydrogens (tertiary/aromatic N) is 4. The molecule has 0 aliphatic carbocycles. The maximum Gasteiger partial charge on any atom is 1.00 e. The fraction of sp³-hybridized carbons (Fsp3) is 0.231. The van der Waals surface area contributed by atoms with Crippen LogP contribution in [0.15, 0.2) is 55.8 Å². The minimum atomic E-state index is -5.06. The molecule has 0 fully saturated rings. The first-order valence-electron chi connectivity index (χ1n) is 14.0. The molecule has 10 N–H and O–H groups in total. The molecule has 52 heavy (non-hydrogen) atoms. The van der Waals surface area contributed by atoms with Crippen molar-refractivity contribution < 1.29 is 107 Å². The molecule has 4 rings (SSSR count). The van der Waals surface area contributed by atoms with E-state index in [0.717, 1.165) is 6.07 Å². The van der Waals surface area contributed by atoms with Gasteiger partial charge in [0, 0.05) is 29.4 Å². The summed E-state index contributed by atoms with van der Waals surface area (Å²) in [5.74, 6) is -0.598. The van der Waals surface area contributed by atoms with Crippen molar-refractivity contribution in [3.05, 3.63) is 68.5 Å². The zero-order valence-corrected chi connectivity index (χ0v) is 32.9. The number of rotatable bonds is 18. The second kappa shape index (κ2) is 21.6. The van der Waals surface area contributed by atoms with Crippen LogP contribution in [0.3, 0.4) is 0 Å². The van der Waals surface area contributed by atoms with E-state index in [0.29, 0.717) is 23.3 Å². The molecule has 0 aliphatic rings. The molecule has 2 heterocycles. The Morgan fingerprint density at radius 3 is 1.77 bits per heavy atom. The molecule has 22 nitrogen and oxygen atoms in total. The van der Waals surface area contributed by atoms with E-state index in [1.165, 1.54) is 42.5 Å². The molecule has 2 atom stereocenters. The quantitative estimate of drug-likeness (QED) is 0.0112. The SMILES string of the molecule is O=c1nc(NCC(O)CO)nc(Nc2ccc(C=Cc3ccc(Nc4nc(NCC(O)CO)nc(=O)[nH]4)cc3S(=O)(=O)[O-])c(SOO[O-])c2)[nH]1.[Na+].[Na+]. The average molecular weight is 783 g/mol. The molecule has 0 spiro atoms. The maximum atomic E-state index is 12.2.